The summed E-state index contributed by atoms with van der Waals surface area (Å²) in [5.41, 5.74) is 1.63. The standard InChI is InChI=1S/C24H28N2O7S/c1-16-5-9-19(10-6-16)34(29,30)25-18-14-20(24(28)33-4)26(15-18)23(27)12-8-17-7-11-21(31-2)22(13-17)32-3/h5-13,18,20,25H,14-15H2,1-4H3/b12-8+/t18-,20-/m0/s1. The highest BCUT2D eigenvalue weighted by atomic mass is 32.2. The summed E-state index contributed by atoms with van der Waals surface area (Å²) in [6.45, 7) is 1.89. The average Bonchev–Trinajstić information content (AvgIpc) is 3.25. The van der Waals surface area contributed by atoms with Gasteiger partial charge in [0.2, 0.25) is 15.9 Å². The van der Waals surface area contributed by atoms with Gasteiger partial charge in [-0.15, -0.1) is 0 Å². The fourth-order valence-corrected chi connectivity index (χ4v) is 4.99. The molecule has 1 N–H and O–H groups in total. The first-order valence-corrected chi connectivity index (χ1v) is 12.0. The number of rotatable bonds is 8. The fraction of sp³-hybridized carbons (Fsp3) is 0.333. The van der Waals surface area contributed by atoms with Crippen LogP contribution in [-0.2, 0) is 24.3 Å². The van der Waals surface area contributed by atoms with Crippen LogP contribution in [0.3, 0.4) is 0 Å². The Bertz CT molecular complexity index is 1180. The Morgan fingerprint density at radius 3 is 2.32 bits per heavy atom. The molecule has 1 amide bonds. The first kappa shape index (κ1) is 25.3. The van der Waals surface area contributed by atoms with Crippen molar-refractivity contribution in [2.75, 3.05) is 27.9 Å². The Balaban J connectivity index is 1.77. The zero-order valence-electron chi connectivity index (χ0n) is 19.5. The topological polar surface area (TPSA) is 111 Å². The zero-order valence-corrected chi connectivity index (χ0v) is 20.3. The van der Waals surface area contributed by atoms with Gasteiger partial charge in [-0.2, -0.15) is 0 Å². The summed E-state index contributed by atoms with van der Waals surface area (Å²) in [6, 6.07) is 10.1. The predicted octanol–water partition coefficient (Wildman–Crippen LogP) is 2.15. The molecule has 0 aromatic heterocycles. The van der Waals surface area contributed by atoms with E-state index in [1.54, 1.807) is 36.4 Å². The number of hydrogen-bond donors (Lipinski definition) is 1. The normalized spacial score (nSPS) is 18.2. The summed E-state index contributed by atoms with van der Waals surface area (Å²) in [5, 5.41) is 0. The molecule has 3 rings (SSSR count). The minimum absolute atomic E-state index is 0.0277. The Hall–Kier alpha value is -3.37. The van der Waals surface area contributed by atoms with Crippen molar-refractivity contribution in [2.45, 2.75) is 30.3 Å². The molecule has 1 aliphatic rings. The van der Waals surface area contributed by atoms with Gasteiger partial charge in [0.1, 0.15) is 6.04 Å². The van der Waals surface area contributed by atoms with Gasteiger partial charge < -0.3 is 19.1 Å². The molecule has 0 aliphatic carbocycles. The number of ether oxygens (including phenoxy) is 3. The summed E-state index contributed by atoms with van der Waals surface area (Å²) in [7, 11) is 0.453. The highest BCUT2D eigenvalue weighted by Gasteiger charge is 2.41. The largest absolute Gasteiger partial charge is 0.493 e. The van der Waals surface area contributed by atoms with Gasteiger partial charge in [-0.1, -0.05) is 23.8 Å². The molecule has 2 atom stereocenters. The Morgan fingerprint density at radius 2 is 1.71 bits per heavy atom. The maximum atomic E-state index is 12.9. The van der Waals surface area contributed by atoms with Gasteiger partial charge in [-0.3, -0.25) is 4.79 Å². The second-order valence-corrected chi connectivity index (χ2v) is 9.56. The molecule has 0 spiro atoms. The van der Waals surface area contributed by atoms with E-state index >= 15 is 0 Å². The highest BCUT2D eigenvalue weighted by molar-refractivity contribution is 7.89. The van der Waals surface area contributed by atoms with Crippen LogP contribution in [0.1, 0.15) is 17.5 Å². The van der Waals surface area contributed by atoms with Crippen molar-refractivity contribution < 1.29 is 32.2 Å². The van der Waals surface area contributed by atoms with Crippen LogP contribution in [0.5, 0.6) is 11.5 Å². The Labute approximate surface area is 199 Å². The van der Waals surface area contributed by atoms with Crippen molar-refractivity contribution in [1.82, 2.24) is 9.62 Å². The maximum absolute atomic E-state index is 12.9. The minimum atomic E-state index is -3.82. The zero-order chi connectivity index (χ0) is 24.9. The number of carbonyl (C=O) groups is 2. The van der Waals surface area contributed by atoms with Crippen LogP contribution in [0.2, 0.25) is 0 Å². The molecule has 182 valence electrons. The summed E-state index contributed by atoms with van der Waals surface area (Å²) >= 11 is 0. The number of methoxy groups -OCH3 is 3. The van der Waals surface area contributed by atoms with Crippen molar-refractivity contribution >= 4 is 28.0 Å². The third-order valence-electron chi connectivity index (χ3n) is 5.54. The van der Waals surface area contributed by atoms with Crippen molar-refractivity contribution in [3.05, 3.63) is 59.7 Å². The Morgan fingerprint density at radius 1 is 1.03 bits per heavy atom. The number of nitrogens with one attached hydrogen (secondary N) is 1. The van der Waals surface area contributed by atoms with E-state index in [1.807, 2.05) is 6.92 Å². The third-order valence-corrected chi connectivity index (χ3v) is 7.07. The molecular weight excluding hydrogens is 460 g/mol. The van der Waals surface area contributed by atoms with Crippen LogP contribution >= 0.6 is 0 Å². The van der Waals surface area contributed by atoms with Crippen LogP contribution in [0.4, 0.5) is 0 Å². The van der Waals surface area contributed by atoms with Gasteiger partial charge in [-0.05, 0) is 49.2 Å². The second-order valence-electron chi connectivity index (χ2n) is 7.84. The number of likely N-dealkylation sites (tertiary alicyclic amines) is 1. The lowest BCUT2D eigenvalue weighted by Gasteiger charge is -2.21. The summed E-state index contributed by atoms with van der Waals surface area (Å²) in [6.07, 6.45) is 3.02. The van der Waals surface area contributed by atoms with Crippen molar-refractivity contribution in [3.8, 4) is 11.5 Å². The van der Waals surface area contributed by atoms with Gasteiger partial charge in [-0.25, -0.2) is 17.9 Å². The maximum Gasteiger partial charge on any atom is 0.328 e. The summed E-state index contributed by atoms with van der Waals surface area (Å²) in [4.78, 5) is 26.7. The lowest BCUT2D eigenvalue weighted by Crippen LogP contribution is -2.41. The SMILES string of the molecule is COC(=O)[C@@H]1C[C@H](NS(=O)(=O)c2ccc(C)cc2)CN1C(=O)/C=C/c1ccc(OC)c(OC)c1. The molecule has 1 fully saturated rings. The number of esters is 1. The van der Waals surface area contributed by atoms with Gasteiger partial charge in [0.25, 0.3) is 0 Å². The molecule has 34 heavy (non-hydrogen) atoms. The quantitative estimate of drug-likeness (QED) is 0.448. The molecule has 10 heteroatoms. The van der Waals surface area contributed by atoms with Gasteiger partial charge >= 0.3 is 5.97 Å². The molecule has 1 heterocycles. The van der Waals surface area contributed by atoms with Crippen LogP contribution in [0, 0.1) is 6.92 Å². The molecular formula is C24H28N2O7S. The third kappa shape index (κ3) is 5.75. The number of carbonyl (C=O) groups excluding carboxylic acids is 2. The van der Waals surface area contributed by atoms with Crippen molar-refractivity contribution in [2.24, 2.45) is 0 Å². The van der Waals surface area contributed by atoms with Gasteiger partial charge in [0.05, 0.1) is 26.2 Å². The van der Waals surface area contributed by atoms with E-state index in [9.17, 15) is 18.0 Å². The van der Waals surface area contributed by atoms with E-state index in [-0.39, 0.29) is 17.9 Å². The Kier molecular flexibility index (Phi) is 7.95. The van der Waals surface area contributed by atoms with Crippen molar-refractivity contribution in [3.63, 3.8) is 0 Å². The molecule has 0 bridgehead atoms. The van der Waals surface area contributed by atoms with E-state index in [2.05, 4.69) is 4.72 Å². The summed E-state index contributed by atoms with van der Waals surface area (Å²) < 4.78 is 43.5. The van der Waals surface area contributed by atoms with Crippen LogP contribution in [-0.4, -0.2) is 65.2 Å². The molecule has 1 saturated heterocycles. The number of amides is 1. The molecule has 9 nitrogen and oxygen atoms in total. The number of aryl methyl sites for hydroxylation is 1. The second kappa shape index (κ2) is 10.7. The van der Waals surface area contributed by atoms with E-state index in [0.29, 0.717) is 17.1 Å². The van der Waals surface area contributed by atoms with Crippen molar-refractivity contribution in [1.29, 1.82) is 0 Å². The monoisotopic (exact) mass is 488 g/mol. The van der Waals surface area contributed by atoms with Crippen LogP contribution in [0.15, 0.2) is 53.4 Å². The first-order chi connectivity index (χ1) is 16.2. The molecule has 1 aliphatic heterocycles. The number of sulfonamides is 1. The number of hydrogen-bond acceptors (Lipinski definition) is 7. The van der Waals surface area contributed by atoms with E-state index in [1.165, 1.54) is 44.4 Å². The predicted molar refractivity (Wildman–Crippen MR) is 126 cm³/mol. The highest BCUT2D eigenvalue weighted by Crippen LogP contribution is 2.28. The smallest absolute Gasteiger partial charge is 0.328 e. The van der Waals surface area contributed by atoms with Crippen LogP contribution in [0.25, 0.3) is 6.08 Å². The van der Waals surface area contributed by atoms with Gasteiger partial charge in [0, 0.05) is 18.7 Å². The average molecular weight is 489 g/mol. The van der Waals surface area contributed by atoms with E-state index < -0.39 is 34.0 Å². The molecule has 0 unspecified atom stereocenters. The van der Waals surface area contributed by atoms with E-state index in [4.69, 9.17) is 14.2 Å². The number of benzene rings is 2. The molecule has 0 radical (unpaired) electrons. The molecule has 2 aromatic carbocycles. The number of nitrogens with zero attached hydrogens (tertiary/aromatic N) is 1. The van der Waals surface area contributed by atoms with Crippen LogP contribution < -0.4 is 14.2 Å². The molecule has 0 saturated carbocycles. The molecule has 2 aromatic rings. The first-order valence-electron chi connectivity index (χ1n) is 10.6. The van der Waals surface area contributed by atoms with E-state index in [0.717, 1.165) is 5.56 Å². The fourth-order valence-electron chi connectivity index (χ4n) is 3.75. The van der Waals surface area contributed by atoms with Gasteiger partial charge in [0.15, 0.2) is 11.5 Å². The summed E-state index contributed by atoms with van der Waals surface area (Å²) in [5.74, 6) is 0.0170. The minimum Gasteiger partial charge on any atom is -0.493 e. The lowest BCUT2D eigenvalue weighted by molar-refractivity contribution is -0.149. The lowest BCUT2D eigenvalue weighted by atomic mass is 10.1.